The molecule has 2 atom stereocenters. The minimum absolute atomic E-state index is 0.658. The number of aryl methyl sites for hydroxylation is 1. The van der Waals surface area contributed by atoms with Crippen LogP contribution in [-0.2, 0) is 6.42 Å². The van der Waals surface area contributed by atoms with Crippen molar-refractivity contribution in [3.8, 4) is 0 Å². The predicted octanol–water partition coefficient (Wildman–Crippen LogP) is 3.19. The Kier molecular flexibility index (Phi) is 5.52. The van der Waals surface area contributed by atoms with E-state index in [1.165, 1.54) is 0 Å². The molecule has 1 N–H and O–H groups in total. The minimum atomic E-state index is 0.658. The van der Waals surface area contributed by atoms with Gasteiger partial charge in [-0.05, 0) is 6.42 Å². The lowest BCUT2D eigenvalue weighted by Gasteiger charge is -2.35. The van der Waals surface area contributed by atoms with E-state index in [1.54, 1.807) is 0 Å². The highest BCUT2D eigenvalue weighted by Gasteiger charge is 2.23. The van der Waals surface area contributed by atoms with Crippen LogP contribution in [0.4, 0.5) is 11.6 Å². The van der Waals surface area contributed by atoms with Crippen molar-refractivity contribution in [1.29, 1.82) is 0 Å². The number of rotatable bonds is 5. The fraction of sp³-hybridized carbons (Fsp3) is 0.733. The van der Waals surface area contributed by atoms with E-state index < -0.39 is 0 Å². The van der Waals surface area contributed by atoms with Crippen molar-refractivity contribution >= 4 is 23.4 Å². The molecule has 2 rings (SSSR count). The van der Waals surface area contributed by atoms with Crippen molar-refractivity contribution in [2.24, 2.45) is 0 Å². The zero-order valence-electron chi connectivity index (χ0n) is 13.0. The Labute approximate surface area is 126 Å². The van der Waals surface area contributed by atoms with Crippen molar-refractivity contribution in [3.63, 3.8) is 0 Å². The highest BCUT2D eigenvalue weighted by molar-refractivity contribution is 8.00. The van der Waals surface area contributed by atoms with Gasteiger partial charge in [0.15, 0.2) is 0 Å². The average Bonchev–Trinajstić information content (AvgIpc) is 2.43. The summed E-state index contributed by atoms with van der Waals surface area (Å²) in [5, 5.41) is 4.70. The highest BCUT2D eigenvalue weighted by Crippen LogP contribution is 2.28. The van der Waals surface area contributed by atoms with Crippen molar-refractivity contribution in [1.82, 2.24) is 9.97 Å². The maximum atomic E-state index is 4.72. The molecule has 4 nitrogen and oxygen atoms in total. The van der Waals surface area contributed by atoms with Crippen LogP contribution in [0.25, 0.3) is 0 Å². The largest absolute Gasteiger partial charge is 0.370 e. The lowest BCUT2D eigenvalue weighted by molar-refractivity contribution is 0.713. The molecule has 1 aromatic rings. The topological polar surface area (TPSA) is 41.0 Å². The van der Waals surface area contributed by atoms with Gasteiger partial charge >= 0.3 is 0 Å². The maximum absolute atomic E-state index is 4.72. The van der Waals surface area contributed by atoms with E-state index in [-0.39, 0.29) is 0 Å². The van der Waals surface area contributed by atoms with Crippen molar-refractivity contribution in [3.05, 3.63) is 11.9 Å². The molecule has 0 spiro atoms. The molecule has 1 aromatic heterocycles. The second-order valence-electron chi connectivity index (χ2n) is 5.47. The third-order valence-corrected chi connectivity index (χ3v) is 4.60. The second-order valence-corrected chi connectivity index (χ2v) is 7.35. The highest BCUT2D eigenvalue weighted by atomic mass is 32.2. The Bertz CT molecular complexity index is 428. The molecule has 0 amide bonds. The fourth-order valence-corrected chi connectivity index (χ4v) is 3.84. The molecule has 1 aliphatic heterocycles. The zero-order valence-corrected chi connectivity index (χ0v) is 13.8. The standard InChI is InChI=1S/C15H26N4S/c1-5-7-16-14-8-15(18-13(6-2)17-14)19-9-11(3)20-12(4)10-19/h8,11-12H,5-7,9-10H2,1-4H3,(H,16,17,18). The molecule has 1 fully saturated rings. The third-order valence-electron chi connectivity index (χ3n) is 3.37. The van der Waals surface area contributed by atoms with Crippen LogP contribution in [0.2, 0.25) is 0 Å². The molecule has 5 heteroatoms. The van der Waals surface area contributed by atoms with Gasteiger partial charge in [0.2, 0.25) is 0 Å². The first kappa shape index (κ1) is 15.4. The normalized spacial score (nSPS) is 22.9. The molecule has 1 aliphatic rings. The van der Waals surface area contributed by atoms with E-state index in [0.717, 1.165) is 49.9 Å². The molecule has 0 saturated carbocycles. The summed E-state index contributed by atoms with van der Waals surface area (Å²) >= 11 is 2.07. The first-order chi connectivity index (χ1) is 9.62. The van der Waals surface area contributed by atoms with Crippen LogP contribution in [-0.4, -0.2) is 40.1 Å². The summed E-state index contributed by atoms with van der Waals surface area (Å²) in [6.07, 6.45) is 1.98. The lowest BCUT2D eigenvalue weighted by Crippen LogP contribution is -2.41. The molecule has 1 saturated heterocycles. The van der Waals surface area contributed by atoms with Crippen LogP contribution in [0.15, 0.2) is 6.07 Å². The minimum Gasteiger partial charge on any atom is -0.370 e. The molecule has 0 aliphatic carbocycles. The Morgan fingerprint density at radius 3 is 2.55 bits per heavy atom. The molecular formula is C15H26N4S. The zero-order chi connectivity index (χ0) is 14.5. The molecule has 112 valence electrons. The SMILES string of the molecule is CCCNc1cc(N2CC(C)SC(C)C2)nc(CC)n1. The van der Waals surface area contributed by atoms with E-state index >= 15 is 0 Å². The van der Waals surface area contributed by atoms with Crippen LogP contribution in [0.1, 0.15) is 39.9 Å². The van der Waals surface area contributed by atoms with E-state index in [0.29, 0.717) is 10.5 Å². The van der Waals surface area contributed by atoms with Crippen molar-refractivity contribution < 1.29 is 0 Å². The Morgan fingerprint density at radius 1 is 1.25 bits per heavy atom. The number of thioether (sulfide) groups is 1. The summed E-state index contributed by atoms with van der Waals surface area (Å²) in [4.78, 5) is 11.7. The molecule has 0 bridgehead atoms. The molecule has 0 radical (unpaired) electrons. The van der Waals surface area contributed by atoms with Crippen LogP contribution in [0.5, 0.6) is 0 Å². The van der Waals surface area contributed by atoms with Gasteiger partial charge in [-0.1, -0.05) is 27.7 Å². The number of hydrogen-bond acceptors (Lipinski definition) is 5. The summed E-state index contributed by atoms with van der Waals surface area (Å²) < 4.78 is 0. The third kappa shape index (κ3) is 4.01. The average molecular weight is 294 g/mol. The summed E-state index contributed by atoms with van der Waals surface area (Å²) in [6.45, 7) is 12.0. The monoisotopic (exact) mass is 294 g/mol. The summed E-state index contributed by atoms with van der Waals surface area (Å²) in [5.74, 6) is 2.97. The van der Waals surface area contributed by atoms with Crippen LogP contribution in [0, 0.1) is 0 Å². The Morgan fingerprint density at radius 2 is 1.95 bits per heavy atom. The number of aromatic nitrogens is 2. The molecule has 2 heterocycles. The van der Waals surface area contributed by atoms with Gasteiger partial charge in [0, 0.05) is 42.6 Å². The van der Waals surface area contributed by atoms with E-state index in [4.69, 9.17) is 4.98 Å². The van der Waals surface area contributed by atoms with Gasteiger partial charge in [-0.3, -0.25) is 0 Å². The molecule has 0 aromatic carbocycles. The van der Waals surface area contributed by atoms with Gasteiger partial charge in [0.05, 0.1) is 0 Å². The Balaban J connectivity index is 2.20. The van der Waals surface area contributed by atoms with E-state index in [1.807, 2.05) is 0 Å². The van der Waals surface area contributed by atoms with E-state index in [2.05, 4.69) is 60.7 Å². The van der Waals surface area contributed by atoms with Gasteiger partial charge in [-0.15, -0.1) is 0 Å². The van der Waals surface area contributed by atoms with Gasteiger partial charge in [0.25, 0.3) is 0 Å². The first-order valence-corrected chi connectivity index (χ1v) is 8.58. The molecule has 20 heavy (non-hydrogen) atoms. The van der Waals surface area contributed by atoms with Crippen LogP contribution >= 0.6 is 11.8 Å². The van der Waals surface area contributed by atoms with Gasteiger partial charge in [-0.25, -0.2) is 9.97 Å². The predicted molar refractivity (Wildman–Crippen MR) is 88.9 cm³/mol. The molecule has 2 unspecified atom stereocenters. The van der Waals surface area contributed by atoms with Crippen LogP contribution < -0.4 is 10.2 Å². The quantitative estimate of drug-likeness (QED) is 0.903. The lowest BCUT2D eigenvalue weighted by atomic mass is 10.3. The number of nitrogens with one attached hydrogen (secondary N) is 1. The first-order valence-electron chi connectivity index (χ1n) is 7.64. The van der Waals surface area contributed by atoms with E-state index in [9.17, 15) is 0 Å². The summed E-state index contributed by atoms with van der Waals surface area (Å²) in [7, 11) is 0. The van der Waals surface area contributed by atoms with Gasteiger partial charge in [-0.2, -0.15) is 11.8 Å². The maximum Gasteiger partial charge on any atom is 0.134 e. The van der Waals surface area contributed by atoms with Crippen molar-refractivity contribution in [2.75, 3.05) is 29.9 Å². The smallest absolute Gasteiger partial charge is 0.134 e. The number of anilines is 2. The second kappa shape index (κ2) is 7.16. The molecular weight excluding hydrogens is 268 g/mol. The van der Waals surface area contributed by atoms with Crippen molar-refractivity contribution in [2.45, 2.75) is 51.0 Å². The van der Waals surface area contributed by atoms with Crippen LogP contribution in [0.3, 0.4) is 0 Å². The Hall–Kier alpha value is -0.970. The van der Waals surface area contributed by atoms with Gasteiger partial charge in [0.1, 0.15) is 17.5 Å². The summed E-state index contributed by atoms with van der Waals surface area (Å²) in [5.41, 5.74) is 0. The van der Waals surface area contributed by atoms with Gasteiger partial charge < -0.3 is 10.2 Å². The number of nitrogens with zero attached hydrogens (tertiary/aromatic N) is 3. The fourth-order valence-electron chi connectivity index (χ4n) is 2.51. The summed E-state index contributed by atoms with van der Waals surface area (Å²) in [6, 6.07) is 2.10. The number of hydrogen-bond donors (Lipinski definition) is 1.